The largest absolute Gasteiger partial charge is 0.501 e. The summed E-state index contributed by atoms with van der Waals surface area (Å²) in [5.74, 6) is 1.58. The number of hydrogen-bond donors (Lipinski definition) is 0. The van der Waals surface area contributed by atoms with E-state index in [4.69, 9.17) is 0 Å². The van der Waals surface area contributed by atoms with Crippen LogP contribution in [-0.2, 0) is 22.9 Å². The minimum absolute atomic E-state index is 0.464. The molecular weight excluding hydrogens is 333 g/mol. The Morgan fingerprint density at radius 3 is 2.35 bits per heavy atom. The van der Waals surface area contributed by atoms with E-state index in [0.29, 0.717) is 25.3 Å². The maximum Gasteiger partial charge on any atom is 0.501 e. The first-order chi connectivity index (χ1) is 10.7. The Labute approximate surface area is 130 Å². The topological polar surface area (TPSA) is 68.1 Å². The van der Waals surface area contributed by atoms with Crippen molar-refractivity contribution in [1.29, 1.82) is 0 Å². The van der Waals surface area contributed by atoms with Crippen molar-refractivity contribution in [2.45, 2.75) is 30.4 Å². The van der Waals surface area contributed by atoms with E-state index >= 15 is 0 Å². The zero-order valence-electron chi connectivity index (χ0n) is 12.1. The van der Waals surface area contributed by atoms with Gasteiger partial charge in [0, 0.05) is 18.8 Å². The van der Waals surface area contributed by atoms with Crippen molar-refractivity contribution in [2.24, 2.45) is 0 Å². The van der Waals surface area contributed by atoms with E-state index in [9.17, 15) is 21.6 Å². The monoisotopic (exact) mass is 346 g/mol. The van der Waals surface area contributed by atoms with Gasteiger partial charge in [0.2, 0.25) is 0 Å². The van der Waals surface area contributed by atoms with Gasteiger partial charge in [0.15, 0.2) is 5.82 Å². The molecule has 10 heteroatoms. The minimum atomic E-state index is -5.31. The molecule has 6 nitrogen and oxygen atoms in total. The van der Waals surface area contributed by atoms with Crippen LogP contribution < -0.4 is 4.90 Å². The Hall–Kier alpha value is -2.10. The lowest BCUT2D eigenvalue weighted by atomic mass is 10.2. The van der Waals surface area contributed by atoms with Crippen molar-refractivity contribution < 1.29 is 21.6 Å². The number of aryl methyl sites for hydroxylation is 1. The predicted octanol–water partition coefficient (Wildman–Crippen LogP) is 1.90. The molecule has 1 aliphatic heterocycles. The molecule has 2 heterocycles. The van der Waals surface area contributed by atoms with Gasteiger partial charge in [-0.2, -0.15) is 13.2 Å². The summed E-state index contributed by atoms with van der Waals surface area (Å²) in [5, 5.41) is 8.03. The fraction of sp³-hybridized carbons (Fsp3) is 0.385. The highest BCUT2D eigenvalue weighted by Gasteiger charge is 2.46. The van der Waals surface area contributed by atoms with Gasteiger partial charge < -0.3 is 9.47 Å². The third kappa shape index (κ3) is 2.67. The molecule has 1 aromatic carbocycles. The first-order valence-electron chi connectivity index (χ1n) is 6.75. The molecule has 0 radical (unpaired) electrons. The lowest BCUT2D eigenvalue weighted by molar-refractivity contribution is -0.0436. The molecule has 2 aromatic rings. The first kappa shape index (κ1) is 15.8. The highest BCUT2D eigenvalue weighted by Crippen LogP contribution is 2.31. The fourth-order valence-corrected chi connectivity index (χ4v) is 3.25. The minimum Gasteiger partial charge on any atom is -0.362 e. The molecule has 0 saturated carbocycles. The summed E-state index contributed by atoms with van der Waals surface area (Å²) in [5.41, 5.74) is -4.66. The molecule has 0 spiro atoms. The van der Waals surface area contributed by atoms with Crippen LogP contribution in [-0.4, -0.2) is 35.2 Å². The van der Waals surface area contributed by atoms with E-state index in [1.54, 1.807) is 0 Å². The number of fused-ring (bicyclic) bond motifs is 1. The molecule has 124 valence electrons. The highest BCUT2D eigenvalue weighted by atomic mass is 32.2. The van der Waals surface area contributed by atoms with Crippen LogP contribution in [0.2, 0.25) is 0 Å². The van der Waals surface area contributed by atoms with Gasteiger partial charge in [0.05, 0.1) is 11.4 Å². The maximum atomic E-state index is 12.5. The van der Waals surface area contributed by atoms with Gasteiger partial charge in [-0.05, 0) is 31.2 Å². The average molecular weight is 346 g/mol. The summed E-state index contributed by atoms with van der Waals surface area (Å²) in [6, 6.07) is 4.69. The Morgan fingerprint density at radius 2 is 1.74 bits per heavy atom. The second kappa shape index (κ2) is 5.22. The molecule has 0 unspecified atom stereocenters. The van der Waals surface area contributed by atoms with Crippen molar-refractivity contribution in [2.75, 3.05) is 11.4 Å². The molecule has 23 heavy (non-hydrogen) atoms. The number of alkyl halides is 3. The lowest BCUT2D eigenvalue weighted by Crippen LogP contribution is -2.34. The molecule has 0 amide bonds. The van der Waals surface area contributed by atoms with E-state index in [-0.39, 0.29) is 0 Å². The van der Waals surface area contributed by atoms with Crippen molar-refractivity contribution in [3.8, 4) is 0 Å². The smallest absolute Gasteiger partial charge is 0.362 e. The predicted molar refractivity (Wildman–Crippen MR) is 75.5 cm³/mol. The van der Waals surface area contributed by atoms with Gasteiger partial charge in [-0.15, -0.1) is 10.2 Å². The quantitative estimate of drug-likeness (QED) is 0.831. The summed E-state index contributed by atoms with van der Waals surface area (Å²) in [7, 11) is -5.31. The molecule has 3 rings (SSSR count). The van der Waals surface area contributed by atoms with Gasteiger partial charge in [0.1, 0.15) is 5.82 Å². The molecule has 0 atom stereocenters. The van der Waals surface area contributed by atoms with E-state index in [1.165, 1.54) is 12.1 Å². The van der Waals surface area contributed by atoms with Gasteiger partial charge >= 0.3 is 5.51 Å². The average Bonchev–Trinajstić information content (AvgIpc) is 2.87. The lowest BCUT2D eigenvalue weighted by Gasteiger charge is -2.29. The number of hydrogen-bond acceptors (Lipinski definition) is 5. The van der Waals surface area contributed by atoms with Crippen LogP contribution in [0.4, 0.5) is 18.9 Å². The zero-order chi connectivity index (χ0) is 16.8. The normalized spacial score (nSPS) is 15.6. The number of rotatable bonds is 2. The van der Waals surface area contributed by atoms with Crippen LogP contribution in [0, 0.1) is 6.92 Å². The fourth-order valence-electron chi connectivity index (χ4n) is 2.49. The van der Waals surface area contributed by atoms with E-state index in [0.717, 1.165) is 23.8 Å². The molecule has 0 N–H and O–H groups in total. The summed E-state index contributed by atoms with van der Waals surface area (Å²) in [6.07, 6.45) is 0. The molecule has 1 aromatic heterocycles. The number of nitrogens with zero attached hydrogens (tertiary/aromatic N) is 4. The second-order valence-corrected chi connectivity index (χ2v) is 7.12. The SMILES string of the molecule is Cc1nnc2n1CCN(c1ccc(S(=O)(=O)C(F)(F)F)cc1)C2. The number of sulfone groups is 1. The van der Waals surface area contributed by atoms with Crippen LogP contribution in [0.5, 0.6) is 0 Å². The van der Waals surface area contributed by atoms with Gasteiger partial charge in [-0.1, -0.05) is 0 Å². The summed E-state index contributed by atoms with van der Waals surface area (Å²) >= 11 is 0. The third-order valence-electron chi connectivity index (χ3n) is 3.76. The van der Waals surface area contributed by atoms with Gasteiger partial charge in [-0.3, -0.25) is 0 Å². The number of anilines is 1. The second-order valence-electron chi connectivity index (χ2n) is 5.18. The third-order valence-corrected chi connectivity index (χ3v) is 5.26. The van der Waals surface area contributed by atoms with Gasteiger partial charge in [-0.25, -0.2) is 8.42 Å². The Kier molecular flexibility index (Phi) is 3.58. The molecule has 0 saturated heterocycles. The van der Waals surface area contributed by atoms with Crippen molar-refractivity contribution in [3.05, 3.63) is 35.9 Å². The van der Waals surface area contributed by atoms with Crippen LogP contribution in [0.3, 0.4) is 0 Å². The molecular formula is C13H13F3N4O2S. The number of aromatic nitrogens is 3. The number of benzene rings is 1. The van der Waals surface area contributed by atoms with Crippen LogP contribution in [0.1, 0.15) is 11.6 Å². The maximum absolute atomic E-state index is 12.5. The molecule has 0 bridgehead atoms. The van der Waals surface area contributed by atoms with Gasteiger partial charge in [0.25, 0.3) is 9.84 Å². The van der Waals surface area contributed by atoms with Crippen molar-refractivity contribution >= 4 is 15.5 Å². The molecule has 1 aliphatic rings. The standard InChI is InChI=1S/C13H13F3N4O2S/c1-9-17-18-12-8-19(6-7-20(9)12)10-2-4-11(5-3-10)23(21,22)13(14,15)16/h2-5H,6-8H2,1H3. The first-order valence-corrected chi connectivity index (χ1v) is 8.23. The van der Waals surface area contributed by atoms with Crippen LogP contribution in [0.15, 0.2) is 29.2 Å². The van der Waals surface area contributed by atoms with E-state index in [1.807, 2.05) is 16.4 Å². The van der Waals surface area contributed by atoms with Crippen LogP contribution in [0.25, 0.3) is 0 Å². The molecule has 0 fully saturated rings. The Morgan fingerprint density at radius 1 is 1.09 bits per heavy atom. The van der Waals surface area contributed by atoms with Crippen molar-refractivity contribution in [1.82, 2.24) is 14.8 Å². The zero-order valence-corrected chi connectivity index (χ0v) is 12.9. The number of halogens is 3. The molecule has 0 aliphatic carbocycles. The summed E-state index contributed by atoms with van der Waals surface area (Å²) < 4.78 is 62.2. The summed E-state index contributed by atoms with van der Waals surface area (Å²) in [4.78, 5) is 1.15. The van der Waals surface area contributed by atoms with Crippen LogP contribution >= 0.6 is 0 Å². The summed E-state index contributed by atoms with van der Waals surface area (Å²) in [6.45, 7) is 3.61. The van der Waals surface area contributed by atoms with Crippen molar-refractivity contribution in [3.63, 3.8) is 0 Å². The highest BCUT2D eigenvalue weighted by molar-refractivity contribution is 7.92. The Balaban J connectivity index is 1.84. The Bertz CT molecular complexity index is 828. The van der Waals surface area contributed by atoms with E-state index < -0.39 is 20.2 Å². The van der Waals surface area contributed by atoms with E-state index in [2.05, 4.69) is 10.2 Å².